The molecule has 0 radical (unpaired) electrons. The summed E-state index contributed by atoms with van der Waals surface area (Å²) in [6, 6.07) is 8.01. The van der Waals surface area contributed by atoms with Crippen molar-refractivity contribution in [3.63, 3.8) is 0 Å². The van der Waals surface area contributed by atoms with E-state index in [0.29, 0.717) is 17.7 Å². The lowest BCUT2D eigenvalue weighted by molar-refractivity contribution is -0.135. The van der Waals surface area contributed by atoms with Crippen molar-refractivity contribution in [2.24, 2.45) is 17.6 Å². The highest BCUT2D eigenvalue weighted by atomic mass is 16.2. The molecule has 1 saturated carbocycles. The maximum Gasteiger partial charge on any atom is 0.273 e. The van der Waals surface area contributed by atoms with Crippen LogP contribution in [0.15, 0.2) is 24.3 Å². The fourth-order valence-electron chi connectivity index (χ4n) is 4.80. The number of nitrogens with zero attached hydrogens (tertiary/aromatic N) is 5. The summed E-state index contributed by atoms with van der Waals surface area (Å²) in [5.41, 5.74) is 7.41. The van der Waals surface area contributed by atoms with Crippen molar-refractivity contribution >= 4 is 35.0 Å². The molecule has 3 heterocycles. The van der Waals surface area contributed by atoms with Crippen LogP contribution in [0.25, 0.3) is 0 Å². The molecule has 1 aromatic carbocycles. The van der Waals surface area contributed by atoms with E-state index in [9.17, 15) is 9.59 Å². The van der Waals surface area contributed by atoms with E-state index in [4.69, 9.17) is 5.73 Å². The first-order valence-electron chi connectivity index (χ1n) is 12.5. The van der Waals surface area contributed by atoms with Crippen LogP contribution < -0.4 is 26.6 Å². The van der Waals surface area contributed by atoms with Gasteiger partial charge in [-0.05, 0) is 56.0 Å². The summed E-state index contributed by atoms with van der Waals surface area (Å²) in [7, 11) is 0. The van der Waals surface area contributed by atoms with Crippen LogP contribution in [-0.4, -0.2) is 77.7 Å². The molecule has 186 valence electrons. The van der Waals surface area contributed by atoms with Crippen molar-refractivity contribution in [1.82, 2.24) is 25.4 Å². The number of nitrogens with one attached hydrogen (secondary N) is 3. The van der Waals surface area contributed by atoms with Crippen LogP contribution in [0.5, 0.6) is 0 Å². The molecule has 3 fully saturated rings. The molecule has 35 heavy (non-hydrogen) atoms. The van der Waals surface area contributed by atoms with Crippen LogP contribution in [0.1, 0.15) is 36.2 Å². The highest BCUT2D eigenvalue weighted by Gasteiger charge is 2.29. The van der Waals surface area contributed by atoms with Crippen LogP contribution in [0.2, 0.25) is 0 Å². The second-order valence-corrected chi connectivity index (χ2v) is 9.55. The molecule has 2 saturated heterocycles. The van der Waals surface area contributed by atoms with Gasteiger partial charge in [-0.3, -0.25) is 9.59 Å². The zero-order valence-electron chi connectivity index (χ0n) is 19.9. The number of amides is 2. The van der Waals surface area contributed by atoms with Crippen molar-refractivity contribution in [1.29, 1.82) is 0 Å². The number of piperazine rings is 1. The van der Waals surface area contributed by atoms with Gasteiger partial charge < -0.3 is 31.5 Å². The number of carbonyl (C=O) groups excluding carboxylic acids is 2. The SMILES string of the molecule is NC(=O)c1nnc(Nc2ccc(N3CCN(C(=O)C4CCNC4)CC3)cc2)nc1NCC1CCC1. The van der Waals surface area contributed by atoms with Crippen molar-refractivity contribution < 1.29 is 9.59 Å². The van der Waals surface area contributed by atoms with Gasteiger partial charge in [-0.1, -0.05) is 6.42 Å². The smallest absolute Gasteiger partial charge is 0.273 e. The number of anilines is 4. The quantitative estimate of drug-likeness (QED) is 0.439. The number of primary amides is 1. The van der Waals surface area contributed by atoms with Gasteiger partial charge in [0.15, 0.2) is 11.5 Å². The number of nitrogens with two attached hydrogens (primary N) is 1. The Labute approximate surface area is 204 Å². The molecule has 0 spiro atoms. The summed E-state index contributed by atoms with van der Waals surface area (Å²) in [5.74, 6) is 1.01. The number of hydrogen-bond acceptors (Lipinski definition) is 9. The van der Waals surface area contributed by atoms with Gasteiger partial charge in [0.25, 0.3) is 5.91 Å². The zero-order valence-corrected chi connectivity index (χ0v) is 19.9. The molecule has 2 aromatic rings. The van der Waals surface area contributed by atoms with Gasteiger partial charge in [-0.15, -0.1) is 10.2 Å². The summed E-state index contributed by atoms with van der Waals surface area (Å²) in [5, 5.41) is 17.6. The second kappa shape index (κ2) is 10.4. The first-order chi connectivity index (χ1) is 17.1. The lowest BCUT2D eigenvalue weighted by Gasteiger charge is -2.37. The predicted octanol–water partition coefficient (Wildman–Crippen LogP) is 1.18. The third kappa shape index (κ3) is 5.45. The van der Waals surface area contributed by atoms with Crippen molar-refractivity contribution in [2.75, 3.05) is 61.3 Å². The van der Waals surface area contributed by atoms with Crippen LogP contribution in [0.3, 0.4) is 0 Å². The number of rotatable bonds is 8. The Kier molecular flexibility index (Phi) is 6.94. The van der Waals surface area contributed by atoms with Crippen LogP contribution in [0.4, 0.5) is 23.1 Å². The Morgan fingerprint density at radius 1 is 1.06 bits per heavy atom. The molecule has 1 unspecified atom stereocenters. The molecular weight excluding hydrogens is 446 g/mol. The molecule has 1 aliphatic carbocycles. The monoisotopic (exact) mass is 479 g/mol. The molecule has 5 N–H and O–H groups in total. The Morgan fingerprint density at radius 2 is 1.83 bits per heavy atom. The summed E-state index contributed by atoms with van der Waals surface area (Å²) < 4.78 is 0. The Bertz CT molecular complexity index is 1040. The molecule has 2 aliphatic heterocycles. The van der Waals surface area contributed by atoms with Gasteiger partial charge in [0.05, 0.1) is 5.92 Å². The Morgan fingerprint density at radius 3 is 2.46 bits per heavy atom. The molecule has 0 bridgehead atoms. The first kappa shape index (κ1) is 23.3. The lowest BCUT2D eigenvalue weighted by atomic mass is 9.85. The van der Waals surface area contributed by atoms with Gasteiger partial charge in [0.2, 0.25) is 11.9 Å². The van der Waals surface area contributed by atoms with E-state index in [1.807, 2.05) is 29.2 Å². The number of hydrogen-bond donors (Lipinski definition) is 4. The third-order valence-corrected chi connectivity index (χ3v) is 7.19. The van der Waals surface area contributed by atoms with E-state index in [1.54, 1.807) is 0 Å². The Hall–Kier alpha value is -3.47. The Balaban J connectivity index is 1.18. The van der Waals surface area contributed by atoms with E-state index in [2.05, 4.69) is 36.0 Å². The fraction of sp³-hybridized carbons (Fsp3) is 0.542. The molecule has 11 nitrogen and oxygen atoms in total. The van der Waals surface area contributed by atoms with E-state index in [0.717, 1.165) is 63.6 Å². The largest absolute Gasteiger partial charge is 0.368 e. The van der Waals surface area contributed by atoms with Crippen molar-refractivity contribution in [3.05, 3.63) is 30.0 Å². The number of benzene rings is 1. The molecule has 1 aromatic heterocycles. The predicted molar refractivity (Wildman–Crippen MR) is 134 cm³/mol. The lowest BCUT2D eigenvalue weighted by Crippen LogP contribution is -2.50. The highest BCUT2D eigenvalue weighted by molar-refractivity contribution is 5.95. The normalized spacial score (nSPS) is 20.4. The van der Waals surface area contributed by atoms with E-state index >= 15 is 0 Å². The molecule has 2 amide bonds. The average Bonchev–Trinajstić information content (AvgIpc) is 3.38. The topological polar surface area (TPSA) is 141 Å². The maximum atomic E-state index is 12.6. The average molecular weight is 480 g/mol. The first-order valence-corrected chi connectivity index (χ1v) is 12.5. The minimum Gasteiger partial charge on any atom is -0.368 e. The highest BCUT2D eigenvalue weighted by Crippen LogP contribution is 2.27. The van der Waals surface area contributed by atoms with Gasteiger partial charge in [0.1, 0.15) is 0 Å². The second-order valence-electron chi connectivity index (χ2n) is 9.55. The molecular formula is C24H33N9O2. The summed E-state index contributed by atoms with van der Waals surface area (Å²) in [6.45, 7) is 5.60. The molecule has 5 rings (SSSR count). The maximum absolute atomic E-state index is 12.6. The van der Waals surface area contributed by atoms with Crippen LogP contribution in [0, 0.1) is 11.8 Å². The summed E-state index contributed by atoms with van der Waals surface area (Å²) in [6.07, 6.45) is 4.54. The number of aromatic nitrogens is 3. The minimum atomic E-state index is -0.654. The standard InChI is InChI=1S/C24H33N9O2/c25-21(34)20-22(27-14-16-2-1-3-16)29-24(31-30-20)28-18-4-6-19(7-5-18)32-10-12-33(13-11-32)23(35)17-8-9-26-15-17/h4-7,16-17,26H,1-3,8-15H2,(H2,25,34)(H2,27,28,29,31). The van der Waals surface area contributed by atoms with Crippen LogP contribution in [-0.2, 0) is 4.79 Å². The van der Waals surface area contributed by atoms with Crippen molar-refractivity contribution in [2.45, 2.75) is 25.7 Å². The van der Waals surface area contributed by atoms with Gasteiger partial charge in [0, 0.05) is 50.6 Å². The van der Waals surface area contributed by atoms with Gasteiger partial charge in [-0.25, -0.2) is 0 Å². The summed E-state index contributed by atoms with van der Waals surface area (Å²) >= 11 is 0. The fourth-order valence-corrected chi connectivity index (χ4v) is 4.80. The third-order valence-electron chi connectivity index (χ3n) is 7.19. The van der Waals surface area contributed by atoms with E-state index in [-0.39, 0.29) is 17.5 Å². The zero-order chi connectivity index (χ0) is 24.2. The van der Waals surface area contributed by atoms with Gasteiger partial charge >= 0.3 is 0 Å². The molecule has 3 aliphatic rings. The van der Waals surface area contributed by atoms with Crippen LogP contribution >= 0.6 is 0 Å². The number of carbonyl (C=O) groups is 2. The van der Waals surface area contributed by atoms with E-state index < -0.39 is 5.91 Å². The molecule has 1 atom stereocenters. The summed E-state index contributed by atoms with van der Waals surface area (Å²) in [4.78, 5) is 33.1. The van der Waals surface area contributed by atoms with Crippen molar-refractivity contribution in [3.8, 4) is 0 Å². The molecule has 11 heteroatoms. The van der Waals surface area contributed by atoms with Gasteiger partial charge in [-0.2, -0.15) is 4.98 Å². The minimum absolute atomic E-state index is 0.0482. The van der Waals surface area contributed by atoms with E-state index in [1.165, 1.54) is 19.3 Å².